The number of thioether (sulfide) groups is 1. The Morgan fingerprint density at radius 1 is 1.26 bits per heavy atom. The molecule has 4 aliphatic rings. The predicted octanol–water partition coefficient (Wildman–Crippen LogP) is 2.28. The molecule has 1 N–H and O–H groups in total. The Hall–Kier alpha value is -1.38. The second-order valence-corrected chi connectivity index (χ2v) is 16.6. The fourth-order valence-electron chi connectivity index (χ4n) is 6.22. The third-order valence-corrected chi connectivity index (χ3v) is 13.5. The first kappa shape index (κ1) is 29.6. The number of carbonyl (C=O) groups excluding carboxylic acids is 2. The minimum absolute atomic E-state index is 0.0352. The van der Waals surface area contributed by atoms with E-state index in [0.29, 0.717) is 34.9 Å². The van der Waals surface area contributed by atoms with Crippen molar-refractivity contribution in [3.05, 3.63) is 11.1 Å². The van der Waals surface area contributed by atoms with Crippen LogP contribution in [0.5, 0.6) is 0 Å². The van der Waals surface area contributed by atoms with Crippen molar-refractivity contribution in [1.29, 1.82) is 5.26 Å². The van der Waals surface area contributed by atoms with Gasteiger partial charge in [0.15, 0.2) is 0 Å². The van der Waals surface area contributed by atoms with Crippen LogP contribution in [0, 0.1) is 29.1 Å². The number of allylic oxidation sites excluding steroid dienone is 1. The second-order valence-electron chi connectivity index (χ2n) is 11.2. The van der Waals surface area contributed by atoms with Crippen LogP contribution in [0.15, 0.2) is 11.1 Å². The molecular weight excluding hydrogens is 591 g/mol. The normalized spacial score (nSPS) is 34.1. The summed E-state index contributed by atoms with van der Waals surface area (Å²) in [5.41, 5.74) is 0. The van der Waals surface area contributed by atoms with Gasteiger partial charge < -0.3 is 0 Å². The zero-order valence-corrected chi connectivity index (χ0v) is 25.6. The summed E-state index contributed by atoms with van der Waals surface area (Å²) in [6, 6.07) is 2.94. The SMILES string of the molecule is CC(=O)NC(=O)CCC[N+]1=C(C=C2SC3CC(C)C(C)CC3N2CCS(=O)(=O)[O-])[Se]C2CCC(C#N)CC21. The molecule has 210 valence electrons. The molecule has 2 amide bonds. The van der Waals surface area contributed by atoms with E-state index in [1.165, 1.54) is 11.5 Å². The van der Waals surface area contributed by atoms with Gasteiger partial charge in [0.05, 0.1) is 0 Å². The topological polar surface area (TPSA) is 133 Å². The first-order valence-corrected chi connectivity index (χ1v) is 17.8. The molecule has 7 atom stereocenters. The van der Waals surface area contributed by atoms with Crippen LogP contribution in [-0.4, -0.2) is 90.0 Å². The van der Waals surface area contributed by atoms with E-state index in [4.69, 9.17) is 0 Å². The van der Waals surface area contributed by atoms with Crippen molar-refractivity contribution in [1.82, 2.24) is 10.2 Å². The molecule has 3 fully saturated rings. The van der Waals surface area contributed by atoms with Gasteiger partial charge in [-0.3, -0.25) is 0 Å². The molecule has 2 aliphatic carbocycles. The van der Waals surface area contributed by atoms with Crippen molar-refractivity contribution >= 4 is 53.3 Å². The average Bonchev–Trinajstić information content (AvgIpc) is 3.33. The first-order chi connectivity index (χ1) is 17.9. The molecule has 9 nitrogen and oxygen atoms in total. The molecular formula is C26H38N4O5S2Se. The molecule has 1 saturated heterocycles. The van der Waals surface area contributed by atoms with Crippen molar-refractivity contribution in [3.8, 4) is 6.07 Å². The molecule has 2 aliphatic heterocycles. The Balaban J connectivity index is 1.61. The molecule has 0 radical (unpaired) electrons. The Kier molecular flexibility index (Phi) is 9.68. The van der Waals surface area contributed by atoms with E-state index in [1.807, 2.05) is 11.8 Å². The van der Waals surface area contributed by atoms with Crippen molar-refractivity contribution in [2.24, 2.45) is 17.8 Å². The summed E-state index contributed by atoms with van der Waals surface area (Å²) in [6.45, 7) is 6.75. The van der Waals surface area contributed by atoms with Crippen LogP contribution in [0.1, 0.15) is 65.7 Å². The Labute approximate surface area is 236 Å². The molecule has 2 saturated carbocycles. The number of nitrogens with zero attached hydrogens (tertiary/aromatic N) is 3. The Morgan fingerprint density at radius 3 is 2.68 bits per heavy atom. The van der Waals surface area contributed by atoms with Crippen LogP contribution in [0.4, 0.5) is 0 Å². The second kappa shape index (κ2) is 12.4. The van der Waals surface area contributed by atoms with E-state index in [2.05, 4.69) is 40.8 Å². The number of nitriles is 1. The summed E-state index contributed by atoms with van der Waals surface area (Å²) in [7, 11) is -4.32. The fraction of sp³-hybridized carbons (Fsp3) is 0.769. The van der Waals surface area contributed by atoms with Gasteiger partial charge in [0.2, 0.25) is 0 Å². The van der Waals surface area contributed by atoms with E-state index < -0.39 is 15.9 Å². The number of carbonyl (C=O) groups is 2. The van der Waals surface area contributed by atoms with Crippen LogP contribution < -0.4 is 5.32 Å². The van der Waals surface area contributed by atoms with Crippen LogP contribution in [-0.2, 0) is 19.7 Å². The zero-order valence-electron chi connectivity index (χ0n) is 22.3. The minimum atomic E-state index is -4.32. The number of hydrogen-bond acceptors (Lipinski definition) is 8. The van der Waals surface area contributed by atoms with Gasteiger partial charge in [-0.15, -0.1) is 0 Å². The van der Waals surface area contributed by atoms with Crippen molar-refractivity contribution < 1.29 is 27.1 Å². The predicted molar refractivity (Wildman–Crippen MR) is 147 cm³/mol. The Morgan fingerprint density at radius 2 is 2.00 bits per heavy atom. The van der Waals surface area contributed by atoms with Gasteiger partial charge in [0, 0.05) is 0 Å². The average molecular weight is 630 g/mol. The zero-order chi connectivity index (χ0) is 27.6. The van der Waals surface area contributed by atoms with Crippen LogP contribution in [0.2, 0.25) is 4.82 Å². The van der Waals surface area contributed by atoms with Gasteiger partial charge in [-0.1, -0.05) is 0 Å². The number of nitrogens with one attached hydrogen (secondary N) is 1. The van der Waals surface area contributed by atoms with E-state index in [-0.39, 0.29) is 57.7 Å². The van der Waals surface area contributed by atoms with Gasteiger partial charge in [-0.2, -0.15) is 0 Å². The molecule has 0 aromatic heterocycles. The summed E-state index contributed by atoms with van der Waals surface area (Å²) in [5, 5.41) is 13.4. The first-order valence-electron chi connectivity index (χ1n) is 13.5. The van der Waals surface area contributed by atoms with E-state index in [0.717, 1.165) is 37.1 Å². The van der Waals surface area contributed by atoms with E-state index >= 15 is 0 Å². The molecule has 0 aromatic carbocycles. The summed E-state index contributed by atoms with van der Waals surface area (Å²) >= 11 is 2.02. The number of hydrogen-bond donors (Lipinski definition) is 1. The summed E-state index contributed by atoms with van der Waals surface area (Å²) in [6.07, 6.45) is 7.90. The third-order valence-electron chi connectivity index (χ3n) is 8.41. The molecule has 38 heavy (non-hydrogen) atoms. The molecule has 0 aromatic rings. The van der Waals surface area contributed by atoms with E-state index in [1.54, 1.807) is 0 Å². The molecule has 0 bridgehead atoms. The third kappa shape index (κ3) is 7.22. The molecule has 12 heteroatoms. The molecule has 0 spiro atoms. The standard InChI is InChI=1S/C26H38N4O5S2Se/c1-16-11-20-22(12-17(16)2)36-25(29(20)9-10-37(33,34)35)14-26-30(8-4-5-24(32)28-18(3)31)21-13-19(15-27)6-7-23(21)38-26/h14,16-17,19-23H,4-13H2,1-3H3,(H-,28,31,32,33,34,35). The molecule has 4 rings (SSSR count). The fourth-order valence-corrected chi connectivity index (χ4v) is 11.7. The summed E-state index contributed by atoms with van der Waals surface area (Å²) < 4.78 is 38.2. The maximum atomic E-state index is 12.1. The van der Waals surface area contributed by atoms with Gasteiger partial charge in [0.1, 0.15) is 0 Å². The van der Waals surface area contributed by atoms with Crippen molar-refractivity contribution in [2.45, 2.75) is 87.9 Å². The maximum absolute atomic E-state index is 12.1. The number of amides is 2. The van der Waals surface area contributed by atoms with Crippen LogP contribution in [0.25, 0.3) is 0 Å². The molecule has 7 unspecified atom stereocenters. The Bertz CT molecular complexity index is 1150. The van der Waals surface area contributed by atoms with Gasteiger partial charge in [0.25, 0.3) is 0 Å². The van der Waals surface area contributed by atoms with Crippen LogP contribution in [0.3, 0.4) is 0 Å². The van der Waals surface area contributed by atoms with Crippen molar-refractivity contribution in [2.75, 3.05) is 18.8 Å². The number of fused-ring (bicyclic) bond motifs is 2. The summed E-state index contributed by atoms with van der Waals surface area (Å²) in [5.74, 6) is 0.134. The van der Waals surface area contributed by atoms with E-state index in [9.17, 15) is 27.8 Å². The van der Waals surface area contributed by atoms with Gasteiger partial charge >= 0.3 is 238 Å². The van der Waals surface area contributed by atoms with Gasteiger partial charge in [-0.25, -0.2) is 0 Å². The number of rotatable bonds is 8. The van der Waals surface area contributed by atoms with Crippen LogP contribution >= 0.6 is 11.8 Å². The van der Waals surface area contributed by atoms with Gasteiger partial charge in [-0.05, 0) is 0 Å². The number of imide groups is 1. The summed E-state index contributed by atoms with van der Waals surface area (Å²) in [4.78, 5) is 26.0. The van der Waals surface area contributed by atoms with Crippen molar-refractivity contribution in [3.63, 3.8) is 0 Å². The monoisotopic (exact) mass is 630 g/mol. The quantitative estimate of drug-likeness (QED) is 0.246. The molecule has 2 heterocycles.